The van der Waals surface area contributed by atoms with E-state index in [1.54, 1.807) is 30.3 Å². The number of nitrogens with one attached hydrogen (secondary N) is 2. The Hall–Kier alpha value is -3.84. The minimum absolute atomic E-state index is 0.103. The van der Waals surface area contributed by atoms with E-state index in [1.165, 1.54) is 12.1 Å². The van der Waals surface area contributed by atoms with Gasteiger partial charge in [0.2, 0.25) is 0 Å². The van der Waals surface area contributed by atoms with Gasteiger partial charge >= 0.3 is 0 Å². The Morgan fingerprint density at radius 1 is 0.882 bits per heavy atom. The molecule has 1 atom stereocenters. The van der Waals surface area contributed by atoms with Gasteiger partial charge in [0.1, 0.15) is 5.75 Å². The van der Waals surface area contributed by atoms with Gasteiger partial charge in [0.15, 0.2) is 6.10 Å². The van der Waals surface area contributed by atoms with Crippen LogP contribution in [0.25, 0.3) is 10.8 Å². The topological polar surface area (TPSA) is 84.5 Å². The molecule has 4 aromatic carbocycles. The standard InChI is InChI=1S/C27H26N2O4S/c1-3-25(33-26-13-7-10-20-9-4-5-12-24(20)26)27(30)28-21-14-16-23(17-15-21)34(31,32)29-22-11-6-8-19(2)18-22/h4-18,25,29H,3H2,1-2H3,(H,28,30)/t25-/m1/s1. The van der Waals surface area contributed by atoms with Crippen LogP contribution in [0.15, 0.2) is 95.9 Å². The highest BCUT2D eigenvalue weighted by Gasteiger charge is 2.20. The number of aryl methyl sites for hydroxylation is 1. The molecule has 4 aromatic rings. The number of benzene rings is 4. The van der Waals surface area contributed by atoms with Crippen LogP contribution >= 0.6 is 0 Å². The summed E-state index contributed by atoms with van der Waals surface area (Å²) in [6.07, 6.45) is -0.223. The lowest BCUT2D eigenvalue weighted by atomic mass is 10.1. The zero-order valence-electron chi connectivity index (χ0n) is 19.0. The van der Waals surface area contributed by atoms with Crippen molar-refractivity contribution in [3.63, 3.8) is 0 Å². The zero-order chi connectivity index (χ0) is 24.1. The monoisotopic (exact) mass is 474 g/mol. The fraction of sp³-hybridized carbons (Fsp3) is 0.148. The molecule has 174 valence electrons. The van der Waals surface area contributed by atoms with E-state index in [9.17, 15) is 13.2 Å². The van der Waals surface area contributed by atoms with Crippen LogP contribution in [-0.2, 0) is 14.8 Å². The van der Waals surface area contributed by atoms with E-state index in [0.717, 1.165) is 16.3 Å². The maximum Gasteiger partial charge on any atom is 0.265 e. The first kappa shape index (κ1) is 23.3. The maximum atomic E-state index is 12.9. The van der Waals surface area contributed by atoms with Crippen LogP contribution in [0.5, 0.6) is 5.75 Å². The number of hydrogen-bond acceptors (Lipinski definition) is 4. The van der Waals surface area contributed by atoms with Crippen molar-refractivity contribution in [3.8, 4) is 5.75 Å². The number of fused-ring (bicyclic) bond motifs is 1. The fourth-order valence-corrected chi connectivity index (χ4v) is 4.69. The highest BCUT2D eigenvalue weighted by Crippen LogP contribution is 2.27. The second-order valence-corrected chi connectivity index (χ2v) is 9.66. The maximum absolute atomic E-state index is 12.9. The van der Waals surface area contributed by atoms with Crippen molar-refractivity contribution in [1.82, 2.24) is 0 Å². The lowest BCUT2D eigenvalue weighted by molar-refractivity contribution is -0.122. The zero-order valence-corrected chi connectivity index (χ0v) is 19.8. The van der Waals surface area contributed by atoms with Gasteiger partial charge in [0, 0.05) is 16.8 Å². The average molecular weight is 475 g/mol. The van der Waals surface area contributed by atoms with Crippen LogP contribution in [0.1, 0.15) is 18.9 Å². The Labute approximate surface area is 199 Å². The number of amides is 1. The molecule has 0 saturated heterocycles. The van der Waals surface area contributed by atoms with Gasteiger partial charge < -0.3 is 10.1 Å². The van der Waals surface area contributed by atoms with Crippen LogP contribution in [0.2, 0.25) is 0 Å². The molecule has 34 heavy (non-hydrogen) atoms. The summed E-state index contributed by atoms with van der Waals surface area (Å²) in [6.45, 7) is 3.77. The Kier molecular flexibility index (Phi) is 6.84. The first-order valence-electron chi connectivity index (χ1n) is 11.0. The summed E-state index contributed by atoms with van der Waals surface area (Å²) in [6, 6.07) is 26.7. The van der Waals surface area contributed by atoms with E-state index in [0.29, 0.717) is 23.5 Å². The number of anilines is 2. The van der Waals surface area contributed by atoms with Gasteiger partial charge in [-0.2, -0.15) is 0 Å². The van der Waals surface area contributed by atoms with E-state index in [-0.39, 0.29) is 10.8 Å². The predicted molar refractivity (Wildman–Crippen MR) is 136 cm³/mol. The smallest absolute Gasteiger partial charge is 0.265 e. The van der Waals surface area contributed by atoms with Crippen molar-refractivity contribution < 1.29 is 17.9 Å². The third-order valence-electron chi connectivity index (χ3n) is 5.38. The lowest BCUT2D eigenvalue weighted by Crippen LogP contribution is -2.32. The van der Waals surface area contributed by atoms with Crippen LogP contribution < -0.4 is 14.8 Å². The van der Waals surface area contributed by atoms with Crippen molar-refractivity contribution in [1.29, 1.82) is 0 Å². The third kappa shape index (κ3) is 5.38. The fourth-order valence-electron chi connectivity index (χ4n) is 3.64. The highest BCUT2D eigenvalue weighted by molar-refractivity contribution is 7.92. The first-order chi connectivity index (χ1) is 16.4. The van der Waals surface area contributed by atoms with Crippen LogP contribution in [0.4, 0.5) is 11.4 Å². The molecule has 0 radical (unpaired) electrons. The van der Waals surface area contributed by atoms with E-state index >= 15 is 0 Å². The Bertz CT molecular complexity index is 1410. The Balaban J connectivity index is 1.45. The quantitative estimate of drug-likeness (QED) is 0.341. The highest BCUT2D eigenvalue weighted by atomic mass is 32.2. The first-order valence-corrected chi connectivity index (χ1v) is 12.5. The molecule has 1 amide bonds. The van der Waals surface area contributed by atoms with Gasteiger partial charge in [-0.15, -0.1) is 0 Å². The molecule has 0 saturated carbocycles. The predicted octanol–water partition coefficient (Wildman–Crippen LogP) is 5.75. The van der Waals surface area contributed by atoms with Gasteiger partial charge in [-0.25, -0.2) is 8.42 Å². The van der Waals surface area contributed by atoms with Gasteiger partial charge in [0.25, 0.3) is 15.9 Å². The summed E-state index contributed by atoms with van der Waals surface area (Å²) in [7, 11) is -3.75. The minimum atomic E-state index is -3.75. The van der Waals surface area contributed by atoms with Gasteiger partial charge in [0.05, 0.1) is 4.90 Å². The molecule has 0 aliphatic carbocycles. The summed E-state index contributed by atoms with van der Waals surface area (Å²) in [5, 5.41) is 4.79. The largest absolute Gasteiger partial charge is 0.480 e. The second kappa shape index (κ2) is 9.97. The molecule has 2 N–H and O–H groups in total. The van der Waals surface area contributed by atoms with E-state index < -0.39 is 16.1 Å². The second-order valence-electron chi connectivity index (χ2n) is 7.98. The average Bonchev–Trinajstić information content (AvgIpc) is 2.82. The molecule has 0 spiro atoms. The molecular weight excluding hydrogens is 448 g/mol. The molecular formula is C27H26N2O4S. The molecule has 7 heteroatoms. The lowest BCUT2D eigenvalue weighted by Gasteiger charge is -2.18. The van der Waals surface area contributed by atoms with Crippen molar-refractivity contribution in [2.45, 2.75) is 31.3 Å². The molecule has 0 aromatic heterocycles. The van der Waals surface area contributed by atoms with Crippen molar-refractivity contribution in [3.05, 3.63) is 96.6 Å². The van der Waals surface area contributed by atoms with Gasteiger partial charge in [-0.05, 0) is 66.8 Å². The molecule has 4 rings (SSSR count). The molecule has 6 nitrogen and oxygen atoms in total. The van der Waals surface area contributed by atoms with Gasteiger partial charge in [-0.1, -0.05) is 55.5 Å². The van der Waals surface area contributed by atoms with Crippen LogP contribution in [0, 0.1) is 6.92 Å². The van der Waals surface area contributed by atoms with Crippen LogP contribution in [-0.4, -0.2) is 20.4 Å². The number of hydrogen-bond donors (Lipinski definition) is 2. The summed E-state index contributed by atoms with van der Waals surface area (Å²) >= 11 is 0. The normalized spacial score (nSPS) is 12.2. The Morgan fingerprint density at radius 2 is 1.59 bits per heavy atom. The van der Waals surface area contributed by atoms with E-state index in [1.807, 2.05) is 62.4 Å². The molecule has 0 heterocycles. The number of ether oxygens (including phenoxy) is 1. The summed E-state index contributed by atoms with van der Waals surface area (Å²) in [4.78, 5) is 13.0. The molecule has 0 unspecified atom stereocenters. The Morgan fingerprint density at radius 3 is 2.32 bits per heavy atom. The number of rotatable bonds is 8. The number of carbonyl (C=O) groups excluding carboxylic acids is 1. The van der Waals surface area contributed by atoms with Crippen LogP contribution in [0.3, 0.4) is 0 Å². The summed E-state index contributed by atoms with van der Waals surface area (Å²) in [5.74, 6) is 0.340. The van der Waals surface area contributed by atoms with Gasteiger partial charge in [-0.3, -0.25) is 9.52 Å². The summed E-state index contributed by atoms with van der Waals surface area (Å²) in [5.41, 5.74) is 1.93. The number of carbonyl (C=O) groups is 1. The minimum Gasteiger partial charge on any atom is -0.480 e. The van der Waals surface area contributed by atoms with Crippen molar-refractivity contribution in [2.75, 3.05) is 10.0 Å². The van der Waals surface area contributed by atoms with E-state index in [2.05, 4.69) is 10.0 Å². The molecule has 0 bridgehead atoms. The summed E-state index contributed by atoms with van der Waals surface area (Å²) < 4.78 is 34.0. The number of sulfonamides is 1. The third-order valence-corrected chi connectivity index (χ3v) is 6.78. The van der Waals surface area contributed by atoms with Crippen molar-refractivity contribution in [2.24, 2.45) is 0 Å². The molecule has 0 aliphatic rings. The van der Waals surface area contributed by atoms with Crippen molar-refractivity contribution >= 4 is 38.1 Å². The molecule has 0 fully saturated rings. The SMILES string of the molecule is CC[C@@H](Oc1cccc2ccccc12)C(=O)Nc1ccc(S(=O)(=O)Nc2cccc(C)c2)cc1. The van der Waals surface area contributed by atoms with E-state index in [4.69, 9.17) is 4.74 Å². The molecule has 0 aliphatic heterocycles.